The van der Waals surface area contributed by atoms with E-state index >= 15 is 0 Å². The van der Waals surface area contributed by atoms with E-state index in [1.165, 1.54) is 80.8 Å². The molecule has 0 amide bonds. The third-order valence-corrected chi connectivity index (χ3v) is 9.81. The second-order valence-electron chi connectivity index (χ2n) is 10.6. The van der Waals surface area contributed by atoms with Crippen LogP contribution in [0.25, 0.3) is 69.7 Å². The molecule has 0 bridgehead atoms. The highest BCUT2D eigenvalue weighted by Gasteiger charge is 2.40. The van der Waals surface area contributed by atoms with Crippen molar-refractivity contribution in [2.75, 3.05) is 0 Å². The SMILES string of the molecule is Cn1c2cccc3c2c2c1ccc1c4c(n(c5sc6ccccc6c35)c12)-c1ccccc1C4(C)C. The summed E-state index contributed by atoms with van der Waals surface area (Å²) in [6, 6.07) is 29.6. The van der Waals surface area contributed by atoms with Gasteiger partial charge in [-0.3, -0.25) is 4.40 Å². The van der Waals surface area contributed by atoms with Crippen LogP contribution >= 0.6 is 11.3 Å². The lowest BCUT2D eigenvalue weighted by Crippen LogP contribution is -2.14. The van der Waals surface area contributed by atoms with Crippen LogP contribution in [0, 0.1) is 0 Å². The van der Waals surface area contributed by atoms with Crippen LogP contribution in [-0.4, -0.2) is 8.97 Å². The highest BCUT2D eigenvalue weighted by atomic mass is 32.1. The molecule has 1 aliphatic rings. The van der Waals surface area contributed by atoms with Gasteiger partial charge in [0.1, 0.15) is 4.83 Å². The van der Waals surface area contributed by atoms with Crippen LogP contribution in [0.5, 0.6) is 0 Å². The maximum absolute atomic E-state index is 2.64. The molecule has 4 aromatic carbocycles. The van der Waals surface area contributed by atoms with Crippen molar-refractivity contribution in [3.63, 3.8) is 0 Å². The molecule has 0 aliphatic heterocycles. The molecule has 8 aromatic rings. The number of hydrogen-bond donors (Lipinski definition) is 0. The fourth-order valence-electron chi connectivity index (χ4n) is 7.22. The summed E-state index contributed by atoms with van der Waals surface area (Å²) < 4.78 is 6.37. The van der Waals surface area contributed by atoms with Gasteiger partial charge in [-0.15, -0.1) is 11.3 Å². The van der Waals surface area contributed by atoms with Crippen molar-refractivity contribution in [2.24, 2.45) is 7.05 Å². The lowest BCUT2D eigenvalue weighted by Gasteiger charge is -2.21. The maximum atomic E-state index is 2.64. The Morgan fingerprint density at radius 2 is 1.46 bits per heavy atom. The molecular weight excluding hydrogens is 444 g/mol. The third-order valence-electron chi connectivity index (χ3n) is 8.65. The van der Waals surface area contributed by atoms with Crippen LogP contribution < -0.4 is 0 Å². The highest BCUT2D eigenvalue weighted by Crippen LogP contribution is 2.56. The molecule has 0 unspecified atom stereocenters. The molecule has 35 heavy (non-hydrogen) atoms. The van der Waals surface area contributed by atoms with E-state index < -0.39 is 0 Å². The number of hydrogen-bond acceptors (Lipinski definition) is 1. The average molecular weight is 467 g/mol. The Morgan fingerprint density at radius 3 is 2.37 bits per heavy atom. The lowest BCUT2D eigenvalue weighted by molar-refractivity contribution is 0.666. The molecule has 1 aliphatic carbocycles. The van der Waals surface area contributed by atoms with Gasteiger partial charge >= 0.3 is 0 Å². The van der Waals surface area contributed by atoms with E-state index in [-0.39, 0.29) is 5.41 Å². The van der Waals surface area contributed by atoms with Gasteiger partial charge in [0.2, 0.25) is 0 Å². The van der Waals surface area contributed by atoms with Gasteiger partial charge in [0, 0.05) is 55.2 Å². The molecule has 0 spiro atoms. The van der Waals surface area contributed by atoms with Crippen LogP contribution in [0.15, 0.2) is 78.9 Å². The molecule has 0 radical (unpaired) electrons. The van der Waals surface area contributed by atoms with Gasteiger partial charge in [-0.25, -0.2) is 0 Å². The minimum atomic E-state index is -0.0490. The summed E-state index contributed by atoms with van der Waals surface area (Å²) in [6.07, 6.45) is 0. The normalized spacial score (nSPS) is 14.9. The Morgan fingerprint density at radius 1 is 0.686 bits per heavy atom. The van der Waals surface area contributed by atoms with Gasteiger partial charge in [-0.1, -0.05) is 74.5 Å². The van der Waals surface area contributed by atoms with Crippen LogP contribution in [0.3, 0.4) is 0 Å². The molecule has 9 rings (SSSR count). The van der Waals surface area contributed by atoms with Crippen molar-refractivity contribution in [3.05, 3.63) is 90.0 Å². The zero-order valence-electron chi connectivity index (χ0n) is 19.8. The van der Waals surface area contributed by atoms with Crippen molar-refractivity contribution < 1.29 is 0 Å². The first kappa shape index (κ1) is 18.5. The molecule has 0 saturated carbocycles. The first-order valence-electron chi connectivity index (χ1n) is 12.3. The van der Waals surface area contributed by atoms with Crippen molar-refractivity contribution in [2.45, 2.75) is 19.3 Å². The quantitative estimate of drug-likeness (QED) is 0.211. The smallest absolute Gasteiger partial charge is 0.109 e. The molecule has 166 valence electrons. The Hall–Kier alpha value is -3.82. The fourth-order valence-corrected chi connectivity index (χ4v) is 8.45. The van der Waals surface area contributed by atoms with Gasteiger partial charge in [0.25, 0.3) is 0 Å². The van der Waals surface area contributed by atoms with E-state index in [9.17, 15) is 0 Å². The Kier molecular flexibility index (Phi) is 3.01. The summed E-state index contributed by atoms with van der Waals surface area (Å²) >= 11 is 1.93. The number of fused-ring (bicyclic) bond motifs is 10. The van der Waals surface area contributed by atoms with E-state index in [0.29, 0.717) is 0 Å². The summed E-state index contributed by atoms with van der Waals surface area (Å²) in [5.74, 6) is 0. The van der Waals surface area contributed by atoms with Gasteiger partial charge in [0.15, 0.2) is 0 Å². The van der Waals surface area contributed by atoms with Crippen molar-refractivity contribution in [1.82, 2.24) is 8.97 Å². The molecule has 4 heterocycles. The third kappa shape index (κ3) is 1.87. The predicted octanol–water partition coefficient (Wildman–Crippen LogP) is 8.85. The molecular formula is C32H22N2S. The second-order valence-corrected chi connectivity index (χ2v) is 11.7. The van der Waals surface area contributed by atoms with Crippen molar-refractivity contribution >= 4 is 69.7 Å². The van der Waals surface area contributed by atoms with Crippen LogP contribution in [-0.2, 0) is 12.5 Å². The second kappa shape index (κ2) is 5.69. The number of benzene rings is 4. The molecule has 0 atom stereocenters. The van der Waals surface area contributed by atoms with Gasteiger partial charge in [0.05, 0.1) is 16.7 Å². The van der Waals surface area contributed by atoms with E-state index in [1.807, 2.05) is 11.3 Å². The Labute approximate surface area is 206 Å². The van der Waals surface area contributed by atoms with Crippen molar-refractivity contribution in [1.29, 1.82) is 0 Å². The van der Waals surface area contributed by atoms with E-state index in [0.717, 1.165) is 0 Å². The first-order valence-corrected chi connectivity index (χ1v) is 13.1. The van der Waals surface area contributed by atoms with Crippen LogP contribution in [0.4, 0.5) is 0 Å². The Balaban J connectivity index is 1.75. The predicted molar refractivity (Wildman–Crippen MR) is 151 cm³/mol. The van der Waals surface area contributed by atoms with Crippen LogP contribution in [0.1, 0.15) is 25.0 Å². The minimum absolute atomic E-state index is 0.0490. The fraction of sp³-hybridized carbons (Fsp3) is 0.125. The topological polar surface area (TPSA) is 9.34 Å². The molecule has 2 nitrogen and oxygen atoms in total. The summed E-state index contributed by atoms with van der Waals surface area (Å²) in [4.78, 5) is 1.35. The van der Waals surface area contributed by atoms with Crippen LogP contribution in [0.2, 0.25) is 0 Å². The Bertz CT molecular complexity index is 2200. The van der Waals surface area contributed by atoms with E-state index in [2.05, 4.69) is 109 Å². The largest absolute Gasteiger partial charge is 0.344 e. The number of nitrogens with zero attached hydrogens (tertiary/aromatic N) is 2. The summed E-state index contributed by atoms with van der Waals surface area (Å²) in [5, 5.41) is 8.26. The zero-order valence-corrected chi connectivity index (χ0v) is 20.6. The maximum Gasteiger partial charge on any atom is 0.109 e. The van der Waals surface area contributed by atoms with Gasteiger partial charge in [-0.2, -0.15) is 0 Å². The standard InChI is InChI=1S/C32H22N2S/c1-32(2)21-12-6-4-9-17(21)30-28(32)20-15-16-23-27-26-19(11-8-13-22(26)33(23)3)25-18-10-5-7-14-24(18)35-31(25)34(30)29(20)27/h4-16H,1-3H3. The van der Waals surface area contributed by atoms with E-state index in [1.54, 1.807) is 0 Å². The molecule has 0 fully saturated rings. The molecule has 4 aromatic heterocycles. The van der Waals surface area contributed by atoms with Gasteiger partial charge < -0.3 is 4.57 Å². The first-order chi connectivity index (χ1) is 17.1. The number of aromatic nitrogens is 2. The van der Waals surface area contributed by atoms with Gasteiger partial charge in [-0.05, 0) is 34.7 Å². The molecule has 0 saturated heterocycles. The summed E-state index contributed by atoms with van der Waals surface area (Å²) in [7, 11) is 2.22. The number of thiophene rings is 1. The molecule has 3 heteroatoms. The summed E-state index contributed by atoms with van der Waals surface area (Å²) in [6.45, 7) is 4.80. The number of rotatable bonds is 0. The van der Waals surface area contributed by atoms with Crippen molar-refractivity contribution in [3.8, 4) is 11.3 Å². The zero-order chi connectivity index (χ0) is 23.2. The summed E-state index contributed by atoms with van der Waals surface area (Å²) in [5.41, 5.74) is 9.59. The number of aryl methyl sites for hydroxylation is 1. The molecule has 0 N–H and O–H groups in total. The average Bonchev–Trinajstić information content (AvgIpc) is 3.54. The van der Waals surface area contributed by atoms with E-state index in [4.69, 9.17) is 0 Å². The highest BCUT2D eigenvalue weighted by molar-refractivity contribution is 7.25. The monoisotopic (exact) mass is 466 g/mol. The minimum Gasteiger partial charge on any atom is -0.344 e. The lowest BCUT2D eigenvalue weighted by atomic mass is 9.81.